The lowest BCUT2D eigenvalue weighted by atomic mass is 10.1. The van der Waals surface area contributed by atoms with Crippen molar-refractivity contribution >= 4 is 28.3 Å². The van der Waals surface area contributed by atoms with Gasteiger partial charge in [0.15, 0.2) is 0 Å². The summed E-state index contributed by atoms with van der Waals surface area (Å²) in [6.07, 6.45) is 3.47. The first-order valence-corrected chi connectivity index (χ1v) is 6.56. The van der Waals surface area contributed by atoms with Crippen LogP contribution in [0.2, 0.25) is 0 Å². The molecule has 0 radical (unpaired) electrons. The fourth-order valence-corrected chi connectivity index (χ4v) is 1.95. The van der Waals surface area contributed by atoms with Gasteiger partial charge in [0, 0.05) is 10.0 Å². The maximum Gasteiger partial charge on any atom is 0.0893 e. The van der Waals surface area contributed by atoms with Gasteiger partial charge in [0.1, 0.15) is 0 Å². The maximum atomic E-state index is 4.60. The molecule has 0 aliphatic heterocycles. The zero-order valence-corrected chi connectivity index (χ0v) is 12.0. The highest BCUT2D eigenvalue weighted by Gasteiger charge is 2.03. The van der Waals surface area contributed by atoms with Gasteiger partial charge >= 0.3 is 0 Å². The fourth-order valence-electron chi connectivity index (χ4n) is 1.69. The molecule has 0 atom stereocenters. The van der Waals surface area contributed by atoms with Crippen LogP contribution >= 0.6 is 15.9 Å². The Morgan fingerprint density at radius 3 is 2.53 bits per heavy atom. The molecule has 3 heteroatoms. The summed E-state index contributed by atoms with van der Waals surface area (Å²) in [5, 5.41) is 0. The minimum Gasteiger partial charge on any atom is -0.262 e. The van der Waals surface area contributed by atoms with Gasteiger partial charge in [-0.1, -0.05) is 46.8 Å². The van der Waals surface area contributed by atoms with Crippen molar-refractivity contribution in [1.82, 2.24) is 4.98 Å². The Morgan fingerprint density at radius 2 is 1.89 bits per heavy atom. The number of allylic oxidation sites excluding steroid dienone is 2. The minimum atomic E-state index is 0.717. The molecule has 0 amide bonds. The van der Waals surface area contributed by atoms with E-state index in [4.69, 9.17) is 0 Å². The highest BCUT2D eigenvalue weighted by atomic mass is 79.9. The van der Waals surface area contributed by atoms with Gasteiger partial charge in [0.05, 0.1) is 17.1 Å². The standard InChI is InChI=1S/C16H13BrN2/c1-3-5-15(18-2)16-7-4-6-14(19-16)12-8-10-13(17)11-9-12/h3-11H,1-2H2/b15-5-. The average Bonchev–Trinajstić information content (AvgIpc) is 2.45. The summed E-state index contributed by atoms with van der Waals surface area (Å²) in [6, 6.07) is 13.9. The summed E-state index contributed by atoms with van der Waals surface area (Å²) in [6.45, 7) is 7.22. The van der Waals surface area contributed by atoms with Crippen LogP contribution in [0.25, 0.3) is 17.0 Å². The average molecular weight is 313 g/mol. The maximum absolute atomic E-state index is 4.60. The Bertz CT molecular complexity index is 627. The molecule has 0 bridgehead atoms. The van der Waals surface area contributed by atoms with E-state index in [9.17, 15) is 0 Å². The molecule has 0 spiro atoms. The van der Waals surface area contributed by atoms with E-state index in [0.717, 1.165) is 21.4 Å². The van der Waals surface area contributed by atoms with Crippen molar-refractivity contribution in [2.45, 2.75) is 0 Å². The Morgan fingerprint density at radius 1 is 1.16 bits per heavy atom. The van der Waals surface area contributed by atoms with Gasteiger partial charge in [-0.25, -0.2) is 4.98 Å². The largest absolute Gasteiger partial charge is 0.262 e. The van der Waals surface area contributed by atoms with Crippen LogP contribution in [0.3, 0.4) is 0 Å². The number of rotatable bonds is 4. The molecule has 0 saturated heterocycles. The number of hydrogen-bond acceptors (Lipinski definition) is 2. The van der Waals surface area contributed by atoms with Crippen LogP contribution in [-0.2, 0) is 0 Å². The fraction of sp³-hybridized carbons (Fsp3) is 0. The van der Waals surface area contributed by atoms with Gasteiger partial charge in [-0.05, 0) is 37.1 Å². The number of aliphatic imine (C=N–C) groups is 1. The topological polar surface area (TPSA) is 25.2 Å². The first-order valence-electron chi connectivity index (χ1n) is 5.77. The second kappa shape index (κ2) is 6.25. The highest BCUT2D eigenvalue weighted by molar-refractivity contribution is 9.10. The SMILES string of the molecule is C=C/C=C(\N=C)c1cccc(-c2ccc(Br)cc2)n1. The number of aromatic nitrogens is 1. The molecule has 2 rings (SSSR count). The smallest absolute Gasteiger partial charge is 0.0893 e. The van der Waals surface area contributed by atoms with Gasteiger partial charge in [-0.2, -0.15) is 0 Å². The van der Waals surface area contributed by atoms with Crippen molar-refractivity contribution in [3.63, 3.8) is 0 Å². The Labute approximate surface area is 121 Å². The Kier molecular flexibility index (Phi) is 4.42. The summed E-state index contributed by atoms with van der Waals surface area (Å²) in [5.41, 5.74) is 3.47. The quantitative estimate of drug-likeness (QED) is 0.591. The lowest BCUT2D eigenvalue weighted by Crippen LogP contribution is -1.90. The Hall–Kier alpha value is -2.00. The van der Waals surface area contributed by atoms with Gasteiger partial charge in [-0.3, -0.25) is 4.99 Å². The minimum absolute atomic E-state index is 0.717. The highest BCUT2D eigenvalue weighted by Crippen LogP contribution is 2.22. The summed E-state index contributed by atoms with van der Waals surface area (Å²) in [4.78, 5) is 8.56. The van der Waals surface area contributed by atoms with Crippen molar-refractivity contribution < 1.29 is 0 Å². The normalized spacial score (nSPS) is 11.1. The van der Waals surface area contributed by atoms with Gasteiger partial charge in [0.25, 0.3) is 0 Å². The monoisotopic (exact) mass is 312 g/mol. The number of hydrogen-bond donors (Lipinski definition) is 0. The summed E-state index contributed by atoms with van der Waals surface area (Å²) < 4.78 is 1.05. The molecule has 0 fully saturated rings. The first-order chi connectivity index (χ1) is 9.24. The molecule has 0 N–H and O–H groups in total. The van der Waals surface area contributed by atoms with Crippen LogP contribution in [0.1, 0.15) is 5.69 Å². The van der Waals surface area contributed by atoms with E-state index in [2.05, 4.69) is 39.2 Å². The molecular weight excluding hydrogens is 300 g/mol. The van der Waals surface area contributed by atoms with E-state index in [1.54, 1.807) is 12.2 Å². The lowest BCUT2D eigenvalue weighted by molar-refractivity contribution is 1.26. The van der Waals surface area contributed by atoms with Crippen LogP contribution in [0, 0.1) is 0 Å². The molecule has 1 aromatic carbocycles. The van der Waals surface area contributed by atoms with Gasteiger partial charge in [0.2, 0.25) is 0 Å². The van der Waals surface area contributed by atoms with Gasteiger partial charge < -0.3 is 0 Å². The second-order valence-corrected chi connectivity index (χ2v) is 4.78. The van der Waals surface area contributed by atoms with Crippen molar-refractivity contribution in [2.75, 3.05) is 0 Å². The molecule has 2 aromatic rings. The van der Waals surface area contributed by atoms with E-state index < -0.39 is 0 Å². The van der Waals surface area contributed by atoms with E-state index in [0.29, 0.717) is 5.70 Å². The lowest BCUT2D eigenvalue weighted by Gasteiger charge is -2.05. The second-order valence-electron chi connectivity index (χ2n) is 3.86. The molecule has 0 saturated carbocycles. The number of halogens is 1. The van der Waals surface area contributed by atoms with E-state index in [-0.39, 0.29) is 0 Å². The molecule has 0 unspecified atom stereocenters. The molecule has 0 aliphatic rings. The van der Waals surface area contributed by atoms with E-state index in [1.165, 1.54) is 0 Å². The number of pyridine rings is 1. The number of nitrogens with zero attached hydrogens (tertiary/aromatic N) is 2. The predicted octanol–water partition coefficient (Wildman–Crippen LogP) is 4.74. The molecule has 1 heterocycles. The molecule has 1 aromatic heterocycles. The zero-order valence-electron chi connectivity index (χ0n) is 10.4. The third-order valence-corrected chi connectivity index (χ3v) is 3.13. The van der Waals surface area contributed by atoms with Crippen LogP contribution in [-0.4, -0.2) is 11.7 Å². The molecular formula is C16H13BrN2. The van der Waals surface area contributed by atoms with E-state index in [1.807, 2.05) is 42.5 Å². The molecule has 94 valence electrons. The third kappa shape index (κ3) is 3.26. The zero-order chi connectivity index (χ0) is 13.7. The van der Waals surface area contributed by atoms with Crippen LogP contribution in [0.4, 0.5) is 0 Å². The van der Waals surface area contributed by atoms with Crippen molar-refractivity contribution in [1.29, 1.82) is 0 Å². The molecule has 19 heavy (non-hydrogen) atoms. The van der Waals surface area contributed by atoms with Crippen LogP contribution < -0.4 is 0 Å². The Balaban J connectivity index is 2.44. The van der Waals surface area contributed by atoms with Crippen molar-refractivity contribution in [3.8, 4) is 11.3 Å². The summed E-state index contributed by atoms with van der Waals surface area (Å²) >= 11 is 3.42. The van der Waals surface area contributed by atoms with E-state index >= 15 is 0 Å². The molecule has 2 nitrogen and oxygen atoms in total. The number of benzene rings is 1. The first kappa shape index (κ1) is 13.4. The van der Waals surface area contributed by atoms with Crippen molar-refractivity contribution in [2.24, 2.45) is 4.99 Å². The van der Waals surface area contributed by atoms with Gasteiger partial charge in [-0.15, -0.1) is 0 Å². The predicted molar refractivity (Wildman–Crippen MR) is 85.1 cm³/mol. The van der Waals surface area contributed by atoms with Crippen molar-refractivity contribution in [3.05, 3.63) is 71.4 Å². The third-order valence-electron chi connectivity index (χ3n) is 2.60. The van der Waals surface area contributed by atoms with Crippen LogP contribution in [0.15, 0.2) is 70.7 Å². The van der Waals surface area contributed by atoms with Crippen LogP contribution in [0.5, 0.6) is 0 Å². The summed E-state index contributed by atoms with van der Waals surface area (Å²) in [7, 11) is 0. The molecule has 0 aliphatic carbocycles. The summed E-state index contributed by atoms with van der Waals surface area (Å²) in [5.74, 6) is 0.